The molecule has 2 heterocycles. The molecule has 0 saturated heterocycles. The fourth-order valence-electron chi connectivity index (χ4n) is 2.02. The Hall–Kier alpha value is -2.95. The van der Waals surface area contributed by atoms with Crippen molar-refractivity contribution in [3.63, 3.8) is 0 Å². The van der Waals surface area contributed by atoms with Crippen LogP contribution in [0.3, 0.4) is 0 Å². The summed E-state index contributed by atoms with van der Waals surface area (Å²) in [6, 6.07) is 12.0. The number of aryl methyl sites for hydroxylation is 1. The Kier molecular flexibility index (Phi) is 3.23. The van der Waals surface area contributed by atoms with Crippen molar-refractivity contribution in [3.8, 4) is 0 Å². The SMILES string of the molecule is Cc1ccc(/C=C/c2ccc3nc(N)nc(N)c3n2)cc1. The van der Waals surface area contributed by atoms with Crippen LogP contribution in [0.5, 0.6) is 0 Å². The summed E-state index contributed by atoms with van der Waals surface area (Å²) in [5.41, 5.74) is 15.8. The maximum Gasteiger partial charge on any atom is 0.222 e. The maximum absolute atomic E-state index is 5.83. The highest BCUT2D eigenvalue weighted by molar-refractivity contribution is 5.86. The molecule has 0 atom stereocenters. The quantitative estimate of drug-likeness (QED) is 0.751. The van der Waals surface area contributed by atoms with E-state index in [2.05, 4.69) is 46.1 Å². The lowest BCUT2D eigenvalue weighted by Gasteiger charge is -2.02. The summed E-state index contributed by atoms with van der Waals surface area (Å²) >= 11 is 0. The second-order valence-electron chi connectivity index (χ2n) is 4.81. The van der Waals surface area contributed by atoms with Crippen molar-refractivity contribution < 1.29 is 0 Å². The molecule has 0 fully saturated rings. The van der Waals surface area contributed by atoms with E-state index in [1.165, 1.54) is 5.56 Å². The molecule has 21 heavy (non-hydrogen) atoms. The van der Waals surface area contributed by atoms with Gasteiger partial charge >= 0.3 is 0 Å². The minimum atomic E-state index is 0.157. The molecular weight excluding hydrogens is 262 g/mol. The van der Waals surface area contributed by atoms with Crippen LogP contribution in [0.2, 0.25) is 0 Å². The zero-order valence-corrected chi connectivity index (χ0v) is 11.6. The molecule has 0 bridgehead atoms. The first-order valence-corrected chi connectivity index (χ1v) is 6.56. The fraction of sp³-hybridized carbons (Fsp3) is 0.0625. The van der Waals surface area contributed by atoms with Gasteiger partial charge in [-0.25, -0.2) is 9.97 Å². The molecule has 5 heteroatoms. The predicted molar refractivity (Wildman–Crippen MR) is 86.3 cm³/mol. The van der Waals surface area contributed by atoms with Crippen molar-refractivity contribution in [2.24, 2.45) is 0 Å². The standard InChI is InChI=1S/C16H15N5/c1-10-2-4-11(5-3-10)6-7-12-8-9-13-14(19-12)15(17)21-16(18)20-13/h2-9H,1H3,(H4,17,18,20,21)/b7-6+. The number of hydrogen-bond acceptors (Lipinski definition) is 5. The van der Waals surface area contributed by atoms with Gasteiger partial charge in [0.05, 0.1) is 11.2 Å². The summed E-state index contributed by atoms with van der Waals surface area (Å²) in [7, 11) is 0. The van der Waals surface area contributed by atoms with Crippen LogP contribution in [0.1, 0.15) is 16.8 Å². The first-order valence-electron chi connectivity index (χ1n) is 6.56. The molecule has 104 valence electrons. The Morgan fingerprint density at radius 1 is 0.857 bits per heavy atom. The van der Waals surface area contributed by atoms with Crippen LogP contribution in [0.4, 0.5) is 11.8 Å². The Morgan fingerprint density at radius 2 is 1.62 bits per heavy atom. The second-order valence-corrected chi connectivity index (χ2v) is 4.81. The lowest BCUT2D eigenvalue weighted by atomic mass is 10.1. The van der Waals surface area contributed by atoms with E-state index in [0.717, 1.165) is 11.3 Å². The van der Waals surface area contributed by atoms with E-state index in [1.807, 2.05) is 24.3 Å². The van der Waals surface area contributed by atoms with Crippen LogP contribution < -0.4 is 11.5 Å². The van der Waals surface area contributed by atoms with Crippen molar-refractivity contribution in [2.75, 3.05) is 11.5 Å². The number of hydrogen-bond donors (Lipinski definition) is 2. The van der Waals surface area contributed by atoms with E-state index in [-0.39, 0.29) is 5.95 Å². The van der Waals surface area contributed by atoms with E-state index in [1.54, 1.807) is 0 Å². The Morgan fingerprint density at radius 3 is 2.38 bits per heavy atom. The molecule has 2 aromatic heterocycles. The second kappa shape index (κ2) is 5.20. The highest BCUT2D eigenvalue weighted by Gasteiger charge is 2.04. The normalized spacial score (nSPS) is 11.3. The summed E-state index contributed by atoms with van der Waals surface area (Å²) in [5, 5.41) is 0. The van der Waals surface area contributed by atoms with Gasteiger partial charge in [-0.2, -0.15) is 4.98 Å². The summed E-state index contributed by atoms with van der Waals surface area (Å²) in [6.45, 7) is 2.06. The van der Waals surface area contributed by atoms with Crippen molar-refractivity contribution in [1.82, 2.24) is 15.0 Å². The first-order chi connectivity index (χ1) is 10.1. The predicted octanol–water partition coefficient (Wildman–Crippen LogP) is 2.67. The Labute approximate surface area is 122 Å². The highest BCUT2D eigenvalue weighted by atomic mass is 15.0. The topological polar surface area (TPSA) is 90.7 Å². The number of nitrogens with two attached hydrogens (primary N) is 2. The number of aromatic nitrogens is 3. The lowest BCUT2D eigenvalue weighted by molar-refractivity contribution is 1.21. The van der Waals surface area contributed by atoms with Crippen molar-refractivity contribution in [2.45, 2.75) is 6.92 Å². The van der Waals surface area contributed by atoms with Gasteiger partial charge in [-0.05, 0) is 30.7 Å². The molecule has 0 aliphatic carbocycles. The molecule has 1 aromatic carbocycles. The van der Waals surface area contributed by atoms with Gasteiger partial charge in [0.15, 0.2) is 5.82 Å². The van der Waals surface area contributed by atoms with E-state index in [0.29, 0.717) is 16.9 Å². The number of nitrogens with zero attached hydrogens (tertiary/aromatic N) is 3. The number of fused-ring (bicyclic) bond motifs is 1. The first kappa shape index (κ1) is 13.1. The monoisotopic (exact) mass is 277 g/mol. The molecule has 5 nitrogen and oxygen atoms in total. The van der Waals surface area contributed by atoms with Gasteiger partial charge in [-0.15, -0.1) is 0 Å². The highest BCUT2D eigenvalue weighted by Crippen LogP contribution is 2.18. The molecule has 3 aromatic rings. The van der Waals surface area contributed by atoms with E-state index < -0.39 is 0 Å². The molecule has 0 amide bonds. The van der Waals surface area contributed by atoms with Gasteiger partial charge in [0, 0.05) is 0 Å². The number of anilines is 2. The maximum atomic E-state index is 5.83. The molecule has 0 radical (unpaired) electrons. The summed E-state index contributed by atoms with van der Waals surface area (Å²) in [5.74, 6) is 0.452. The van der Waals surface area contributed by atoms with Gasteiger partial charge in [0.1, 0.15) is 5.52 Å². The van der Waals surface area contributed by atoms with Crippen LogP contribution in [0.25, 0.3) is 23.2 Å². The summed E-state index contributed by atoms with van der Waals surface area (Å²) in [6.07, 6.45) is 3.93. The van der Waals surface area contributed by atoms with Crippen LogP contribution >= 0.6 is 0 Å². The van der Waals surface area contributed by atoms with Gasteiger partial charge in [0.25, 0.3) is 0 Å². The smallest absolute Gasteiger partial charge is 0.222 e. The van der Waals surface area contributed by atoms with Gasteiger partial charge in [0.2, 0.25) is 5.95 Å². The van der Waals surface area contributed by atoms with Gasteiger partial charge in [-0.1, -0.05) is 35.9 Å². The fourth-order valence-corrected chi connectivity index (χ4v) is 2.02. The molecule has 0 spiro atoms. The van der Waals surface area contributed by atoms with Crippen molar-refractivity contribution in [1.29, 1.82) is 0 Å². The van der Waals surface area contributed by atoms with Crippen molar-refractivity contribution in [3.05, 3.63) is 53.2 Å². The number of rotatable bonds is 2. The van der Waals surface area contributed by atoms with Crippen LogP contribution in [-0.2, 0) is 0 Å². The number of nitrogen functional groups attached to an aromatic ring is 2. The van der Waals surface area contributed by atoms with Crippen LogP contribution in [0.15, 0.2) is 36.4 Å². The third kappa shape index (κ3) is 2.81. The molecule has 3 rings (SSSR count). The third-order valence-electron chi connectivity index (χ3n) is 3.13. The Bertz CT molecular complexity index is 822. The molecule has 0 aliphatic heterocycles. The zero-order valence-electron chi connectivity index (χ0n) is 11.6. The lowest BCUT2D eigenvalue weighted by Crippen LogP contribution is -2.02. The minimum absolute atomic E-state index is 0.157. The van der Waals surface area contributed by atoms with Gasteiger partial charge < -0.3 is 11.5 Å². The van der Waals surface area contributed by atoms with Crippen LogP contribution in [0, 0.1) is 6.92 Å². The largest absolute Gasteiger partial charge is 0.382 e. The Balaban J connectivity index is 1.96. The summed E-state index contributed by atoms with van der Waals surface area (Å²) in [4.78, 5) is 12.5. The minimum Gasteiger partial charge on any atom is -0.382 e. The van der Waals surface area contributed by atoms with Crippen LogP contribution in [-0.4, -0.2) is 15.0 Å². The molecule has 0 unspecified atom stereocenters. The molecular formula is C16H15N5. The van der Waals surface area contributed by atoms with Gasteiger partial charge in [-0.3, -0.25) is 0 Å². The molecule has 0 aliphatic rings. The van der Waals surface area contributed by atoms with E-state index in [9.17, 15) is 0 Å². The molecule has 4 N–H and O–H groups in total. The summed E-state index contributed by atoms with van der Waals surface area (Å²) < 4.78 is 0. The average Bonchev–Trinajstić information content (AvgIpc) is 2.47. The third-order valence-corrected chi connectivity index (χ3v) is 3.13. The number of benzene rings is 1. The average molecular weight is 277 g/mol. The zero-order chi connectivity index (χ0) is 14.8. The van der Waals surface area contributed by atoms with E-state index in [4.69, 9.17) is 11.5 Å². The van der Waals surface area contributed by atoms with E-state index >= 15 is 0 Å². The number of pyridine rings is 1. The molecule has 0 saturated carbocycles. The van der Waals surface area contributed by atoms with Crippen molar-refractivity contribution >= 4 is 35.0 Å².